The van der Waals surface area contributed by atoms with Crippen LogP contribution in [0, 0.1) is 5.92 Å². The first-order valence-electron chi connectivity index (χ1n) is 10.4. The molecular weight excluding hydrogens is 346 g/mol. The second kappa shape index (κ2) is 10.0. The van der Waals surface area contributed by atoms with Gasteiger partial charge in [-0.05, 0) is 57.5 Å². The number of hydrogen-bond acceptors (Lipinski definition) is 5. The molecule has 3 fully saturated rings. The molecular formula is C19H33N5O3. The lowest BCUT2D eigenvalue weighted by atomic mass is 9.98. The largest absolute Gasteiger partial charge is 0.354 e. The van der Waals surface area contributed by atoms with Gasteiger partial charge in [0.05, 0.1) is 19.1 Å². The first-order valence-corrected chi connectivity index (χ1v) is 10.4. The number of nitrogens with one attached hydrogen (secondary N) is 3. The molecule has 27 heavy (non-hydrogen) atoms. The normalized spacial score (nSPS) is 26.1. The third-order valence-electron chi connectivity index (χ3n) is 5.81. The molecule has 3 saturated heterocycles. The van der Waals surface area contributed by atoms with Gasteiger partial charge in [-0.2, -0.15) is 0 Å². The fourth-order valence-corrected chi connectivity index (χ4v) is 4.25. The maximum Gasteiger partial charge on any atom is 0.241 e. The summed E-state index contributed by atoms with van der Waals surface area (Å²) in [5, 5.41) is 9.04. The van der Waals surface area contributed by atoms with E-state index in [9.17, 15) is 14.4 Å². The Morgan fingerprint density at radius 2 is 1.78 bits per heavy atom. The summed E-state index contributed by atoms with van der Waals surface area (Å²) in [6.45, 7) is 5.33. The van der Waals surface area contributed by atoms with E-state index in [0.717, 1.165) is 71.2 Å². The highest BCUT2D eigenvalue weighted by atomic mass is 16.2. The first-order chi connectivity index (χ1) is 13.1. The zero-order valence-electron chi connectivity index (χ0n) is 16.2. The van der Waals surface area contributed by atoms with E-state index < -0.39 is 0 Å². The number of amides is 3. The standard InChI is InChI=1S/C19H33N5O3/c25-17(21-12-18(26)24-9-1-2-10-24)14-23-8-4-5-15(13-23)11-22-19(27)16-6-3-7-20-16/h15-16,20H,1-14H2,(H,21,25)(H,22,27). The minimum absolute atomic E-state index is 0.0144. The molecule has 0 aliphatic carbocycles. The molecule has 8 heteroatoms. The molecule has 8 nitrogen and oxygen atoms in total. The second-order valence-corrected chi connectivity index (χ2v) is 8.00. The minimum atomic E-state index is -0.0950. The summed E-state index contributed by atoms with van der Waals surface area (Å²) in [5.74, 6) is 0.397. The number of rotatable bonds is 7. The van der Waals surface area contributed by atoms with Gasteiger partial charge in [-0.3, -0.25) is 19.3 Å². The summed E-state index contributed by atoms with van der Waals surface area (Å²) >= 11 is 0. The quantitative estimate of drug-likeness (QED) is 0.544. The Balaban J connectivity index is 1.33. The van der Waals surface area contributed by atoms with E-state index in [4.69, 9.17) is 0 Å². The van der Waals surface area contributed by atoms with Crippen molar-refractivity contribution in [3.05, 3.63) is 0 Å². The Morgan fingerprint density at radius 1 is 0.963 bits per heavy atom. The van der Waals surface area contributed by atoms with Crippen molar-refractivity contribution in [2.24, 2.45) is 5.92 Å². The molecule has 3 rings (SSSR count). The number of carbonyl (C=O) groups excluding carboxylic acids is 3. The monoisotopic (exact) mass is 379 g/mol. The van der Waals surface area contributed by atoms with Gasteiger partial charge in [0.25, 0.3) is 0 Å². The van der Waals surface area contributed by atoms with Crippen LogP contribution >= 0.6 is 0 Å². The molecule has 152 valence electrons. The molecule has 3 aliphatic heterocycles. The average Bonchev–Trinajstić information content (AvgIpc) is 3.38. The number of piperidine rings is 1. The summed E-state index contributed by atoms with van der Waals surface area (Å²) in [7, 11) is 0. The van der Waals surface area contributed by atoms with Crippen molar-refractivity contribution in [1.82, 2.24) is 25.8 Å². The first kappa shape index (κ1) is 20.1. The van der Waals surface area contributed by atoms with Gasteiger partial charge in [0.1, 0.15) is 0 Å². The fraction of sp³-hybridized carbons (Fsp3) is 0.842. The van der Waals surface area contributed by atoms with Gasteiger partial charge in [-0.15, -0.1) is 0 Å². The van der Waals surface area contributed by atoms with Crippen molar-refractivity contribution in [1.29, 1.82) is 0 Å². The predicted octanol–water partition coefficient (Wildman–Crippen LogP) is -0.695. The third kappa shape index (κ3) is 6.17. The smallest absolute Gasteiger partial charge is 0.241 e. The molecule has 0 aromatic rings. The van der Waals surface area contributed by atoms with Gasteiger partial charge in [0.2, 0.25) is 17.7 Å². The number of carbonyl (C=O) groups is 3. The Hall–Kier alpha value is -1.67. The summed E-state index contributed by atoms with van der Waals surface area (Å²) in [4.78, 5) is 40.2. The molecule has 0 spiro atoms. The van der Waals surface area contributed by atoms with Crippen LogP contribution in [0.1, 0.15) is 38.5 Å². The zero-order valence-corrected chi connectivity index (χ0v) is 16.2. The minimum Gasteiger partial charge on any atom is -0.354 e. The lowest BCUT2D eigenvalue weighted by Gasteiger charge is -2.32. The Morgan fingerprint density at radius 3 is 2.52 bits per heavy atom. The van der Waals surface area contributed by atoms with Gasteiger partial charge < -0.3 is 20.9 Å². The van der Waals surface area contributed by atoms with Gasteiger partial charge in [0.15, 0.2) is 0 Å². The van der Waals surface area contributed by atoms with Crippen LogP contribution in [0.4, 0.5) is 0 Å². The predicted molar refractivity (Wildman–Crippen MR) is 102 cm³/mol. The number of nitrogens with zero attached hydrogens (tertiary/aromatic N) is 2. The fourth-order valence-electron chi connectivity index (χ4n) is 4.25. The lowest BCUT2D eigenvalue weighted by Crippen LogP contribution is -2.48. The SMILES string of the molecule is O=C(CN1CCCC(CNC(=O)C2CCCN2)C1)NCC(=O)N1CCCC1. The molecule has 2 unspecified atom stereocenters. The van der Waals surface area contributed by atoms with Gasteiger partial charge >= 0.3 is 0 Å². The van der Waals surface area contributed by atoms with E-state index in [-0.39, 0.29) is 30.3 Å². The van der Waals surface area contributed by atoms with Crippen molar-refractivity contribution >= 4 is 17.7 Å². The molecule has 0 bridgehead atoms. The van der Waals surface area contributed by atoms with E-state index >= 15 is 0 Å². The van der Waals surface area contributed by atoms with Gasteiger partial charge in [-0.25, -0.2) is 0 Å². The van der Waals surface area contributed by atoms with Crippen LogP contribution in [0.15, 0.2) is 0 Å². The molecule has 0 radical (unpaired) electrons. The Bertz CT molecular complexity index is 529. The van der Waals surface area contributed by atoms with Crippen LogP contribution in [-0.2, 0) is 14.4 Å². The van der Waals surface area contributed by atoms with Crippen molar-refractivity contribution < 1.29 is 14.4 Å². The number of hydrogen-bond donors (Lipinski definition) is 3. The summed E-state index contributed by atoms with van der Waals surface area (Å²) in [6.07, 6.45) is 6.19. The maximum atomic E-state index is 12.2. The summed E-state index contributed by atoms with van der Waals surface area (Å²) in [6, 6.07) is -0.0383. The van der Waals surface area contributed by atoms with Crippen LogP contribution in [-0.4, -0.2) is 85.9 Å². The summed E-state index contributed by atoms with van der Waals surface area (Å²) in [5.41, 5.74) is 0. The third-order valence-corrected chi connectivity index (χ3v) is 5.81. The van der Waals surface area contributed by atoms with Gasteiger partial charge in [-0.1, -0.05) is 0 Å². The maximum absolute atomic E-state index is 12.2. The topological polar surface area (TPSA) is 93.8 Å². The van der Waals surface area contributed by atoms with E-state index in [1.54, 1.807) is 0 Å². The highest BCUT2D eigenvalue weighted by Crippen LogP contribution is 2.16. The average molecular weight is 380 g/mol. The Labute approximate surface area is 161 Å². The highest BCUT2D eigenvalue weighted by molar-refractivity contribution is 5.85. The molecule has 3 aliphatic rings. The van der Waals surface area contributed by atoms with Crippen molar-refractivity contribution in [2.45, 2.75) is 44.6 Å². The molecule has 0 aromatic carbocycles. The van der Waals surface area contributed by atoms with Crippen LogP contribution in [0.3, 0.4) is 0 Å². The van der Waals surface area contributed by atoms with E-state index in [0.29, 0.717) is 19.0 Å². The number of likely N-dealkylation sites (tertiary alicyclic amines) is 2. The molecule has 0 saturated carbocycles. The molecule has 3 amide bonds. The van der Waals surface area contributed by atoms with Crippen LogP contribution in [0.5, 0.6) is 0 Å². The van der Waals surface area contributed by atoms with Crippen LogP contribution in [0.2, 0.25) is 0 Å². The molecule has 2 atom stereocenters. The van der Waals surface area contributed by atoms with Crippen molar-refractivity contribution in [3.8, 4) is 0 Å². The van der Waals surface area contributed by atoms with Gasteiger partial charge in [0, 0.05) is 26.2 Å². The van der Waals surface area contributed by atoms with E-state index in [2.05, 4.69) is 20.9 Å². The van der Waals surface area contributed by atoms with Crippen LogP contribution < -0.4 is 16.0 Å². The van der Waals surface area contributed by atoms with Crippen molar-refractivity contribution in [2.75, 3.05) is 52.4 Å². The van der Waals surface area contributed by atoms with Crippen molar-refractivity contribution in [3.63, 3.8) is 0 Å². The van der Waals surface area contributed by atoms with E-state index in [1.165, 1.54) is 0 Å². The van der Waals surface area contributed by atoms with E-state index in [1.807, 2.05) is 4.90 Å². The second-order valence-electron chi connectivity index (χ2n) is 8.00. The lowest BCUT2D eigenvalue weighted by molar-refractivity contribution is -0.132. The molecule has 0 aromatic heterocycles. The zero-order chi connectivity index (χ0) is 19.1. The summed E-state index contributed by atoms with van der Waals surface area (Å²) < 4.78 is 0. The highest BCUT2D eigenvalue weighted by Gasteiger charge is 2.25. The Kier molecular flexibility index (Phi) is 7.46. The van der Waals surface area contributed by atoms with Crippen LogP contribution in [0.25, 0.3) is 0 Å². The molecule has 3 N–H and O–H groups in total. The molecule has 3 heterocycles.